The van der Waals surface area contributed by atoms with Crippen molar-refractivity contribution in [2.45, 2.75) is 58.7 Å². The molecule has 1 aliphatic rings. The highest BCUT2D eigenvalue weighted by Gasteiger charge is 2.24. The Morgan fingerprint density at radius 3 is 2.95 bits per heavy atom. The summed E-state index contributed by atoms with van der Waals surface area (Å²) in [7, 11) is 0. The molecule has 1 fully saturated rings. The fourth-order valence-electron chi connectivity index (χ4n) is 2.46. The molecule has 1 aromatic heterocycles. The van der Waals surface area contributed by atoms with Crippen LogP contribution in [0.25, 0.3) is 0 Å². The maximum atomic E-state index is 11.8. The predicted molar refractivity (Wildman–Crippen MR) is 84.5 cm³/mol. The Balaban J connectivity index is 1.82. The normalized spacial score (nSPS) is 20.3. The zero-order chi connectivity index (χ0) is 15.5. The molecule has 0 spiro atoms. The van der Waals surface area contributed by atoms with E-state index in [1.807, 2.05) is 27.0 Å². The van der Waals surface area contributed by atoms with Crippen LogP contribution in [0.15, 0.2) is 6.20 Å². The fourth-order valence-corrected chi connectivity index (χ4v) is 3.29. The van der Waals surface area contributed by atoms with Crippen molar-refractivity contribution in [3.8, 4) is 0 Å². The molecule has 0 aromatic carbocycles. The van der Waals surface area contributed by atoms with Crippen LogP contribution in [0.1, 0.15) is 43.5 Å². The van der Waals surface area contributed by atoms with Gasteiger partial charge >= 0.3 is 6.09 Å². The largest absolute Gasteiger partial charge is 0.444 e. The van der Waals surface area contributed by atoms with E-state index in [0.29, 0.717) is 0 Å². The molecular weight excluding hydrogens is 286 g/mol. The van der Waals surface area contributed by atoms with Crippen LogP contribution < -0.4 is 5.32 Å². The summed E-state index contributed by atoms with van der Waals surface area (Å²) in [6.45, 7) is 10.5. The van der Waals surface area contributed by atoms with Gasteiger partial charge in [-0.15, -0.1) is 11.3 Å². The Labute approximate surface area is 130 Å². The summed E-state index contributed by atoms with van der Waals surface area (Å²) in [6, 6.07) is 0.162. The van der Waals surface area contributed by atoms with Crippen molar-refractivity contribution in [1.29, 1.82) is 0 Å². The van der Waals surface area contributed by atoms with Crippen LogP contribution in [0, 0.1) is 6.92 Å². The van der Waals surface area contributed by atoms with Gasteiger partial charge in [-0.3, -0.25) is 4.90 Å². The van der Waals surface area contributed by atoms with E-state index in [2.05, 4.69) is 22.1 Å². The molecule has 6 heteroatoms. The Hall–Kier alpha value is -1.14. The molecule has 0 aliphatic carbocycles. The number of alkyl carbamates (subject to hydrolysis) is 1. The first-order chi connectivity index (χ1) is 9.82. The quantitative estimate of drug-likeness (QED) is 0.932. The standard InChI is InChI=1S/C15H25N3O2S/c1-11-8-16-13(21-11)10-18-7-5-6-12(9-18)17-14(19)20-15(2,3)4/h8,12H,5-7,9-10H2,1-4H3,(H,17,19)/t12-/m1/s1. The van der Waals surface area contributed by atoms with Crippen molar-refractivity contribution in [3.05, 3.63) is 16.1 Å². The van der Waals surface area contributed by atoms with E-state index in [4.69, 9.17) is 4.74 Å². The van der Waals surface area contributed by atoms with E-state index in [-0.39, 0.29) is 12.1 Å². The van der Waals surface area contributed by atoms with Gasteiger partial charge in [-0.1, -0.05) is 0 Å². The van der Waals surface area contributed by atoms with Gasteiger partial charge in [-0.05, 0) is 47.1 Å². The lowest BCUT2D eigenvalue weighted by molar-refractivity contribution is 0.0470. The zero-order valence-corrected chi connectivity index (χ0v) is 14.1. The van der Waals surface area contributed by atoms with Crippen LogP contribution in [-0.4, -0.2) is 40.7 Å². The summed E-state index contributed by atoms with van der Waals surface area (Å²) in [6.07, 6.45) is 3.69. The zero-order valence-electron chi connectivity index (χ0n) is 13.3. The summed E-state index contributed by atoms with van der Waals surface area (Å²) in [5.74, 6) is 0. The van der Waals surface area contributed by atoms with Crippen LogP contribution in [0.5, 0.6) is 0 Å². The van der Waals surface area contributed by atoms with Gasteiger partial charge in [0.05, 0.1) is 6.54 Å². The molecule has 2 heterocycles. The molecule has 2 rings (SSSR count). The van der Waals surface area contributed by atoms with Gasteiger partial charge < -0.3 is 10.1 Å². The van der Waals surface area contributed by atoms with Gasteiger partial charge in [0.15, 0.2) is 0 Å². The predicted octanol–water partition coefficient (Wildman–Crippen LogP) is 2.94. The van der Waals surface area contributed by atoms with Crippen LogP contribution in [0.4, 0.5) is 4.79 Å². The SMILES string of the molecule is Cc1cnc(CN2CCC[C@@H](NC(=O)OC(C)(C)C)C2)s1. The lowest BCUT2D eigenvalue weighted by Crippen LogP contribution is -2.48. The smallest absolute Gasteiger partial charge is 0.407 e. The van der Waals surface area contributed by atoms with Crippen LogP contribution in [0.3, 0.4) is 0 Å². The number of carbonyl (C=O) groups is 1. The molecule has 1 N–H and O–H groups in total. The molecule has 0 bridgehead atoms. The number of thiazole rings is 1. The number of nitrogens with zero attached hydrogens (tertiary/aromatic N) is 2. The number of aryl methyl sites for hydroxylation is 1. The van der Waals surface area contributed by atoms with Gasteiger partial charge in [0, 0.05) is 23.7 Å². The van der Waals surface area contributed by atoms with Crippen molar-refractivity contribution in [1.82, 2.24) is 15.2 Å². The molecule has 1 amide bonds. The van der Waals surface area contributed by atoms with E-state index in [1.165, 1.54) is 4.88 Å². The Morgan fingerprint density at radius 1 is 1.57 bits per heavy atom. The second-order valence-electron chi connectivity index (χ2n) is 6.59. The minimum Gasteiger partial charge on any atom is -0.444 e. The van der Waals surface area contributed by atoms with E-state index >= 15 is 0 Å². The highest BCUT2D eigenvalue weighted by Crippen LogP contribution is 2.18. The summed E-state index contributed by atoms with van der Waals surface area (Å²) >= 11 is 1.74. The Morgan fingerprint density at radius 2 is 2.33 bits per heavy atom. The van der Waals surface area contributed by atoms with Gasteiger partial charge in [0.1, 0.15) is 10.6 Å². The number of amides is 1. The average Bonchev–Trinajstić information content (AvgIpc) is 2.72. The first kappa shape index (κ1) is 16.2. The molecule has 0 unspecified atom stereocenters. The van der Waals surface area contributed by atoms with Crippen LogP contribution >= 0.6 is 11.3 Å². The number of piperidine rings is 1. The van der Waals surface area contributed by atoms with Gasteiger partial charge in [0.2, 0.25) is 0 Å². The first-order valence-corrected chi connectivity index (χ1v) is 8.27. The van der Waals surface area contributed by atoms with Gasteiger partial charge in [-0.2, -0.15) is 0 Å². The summed E-state index contributed by atoms with van der Waals surface area (Å²) in [5, 5.41) is 4.12. The summed E-state index contributed by atoms with van der Waals surface area (Å²) < 4.78 is 5.32. The molecule has 1 atom stereocenters. The lowest BCUT2D eigenvalue weighted by atomic mass is 10.1. The number of rotatable bonds is 3. The third-order valence-electron chi connectivity index (χ3n) is 3.25. The summed E-state index contributed by atoms with van der Waals surface area (Å²) in [5.41, 5.74) is -0.448. The number of ether oxygens (including phenoxy) is 1. The first-order valence-electron chi connectivity index (χ1n) is 7.45. The van der Waals surface area contributed by atoms with Crippen LogP contribution in [0.2, 0.25) is 0 Å². The lowest BCUT2D eigenvalue weighted by Gasteiger charge is -2.33. The maximum Gasteiger partial charge on any atom is 0.407 e. The van der Waals surface area contributed by atoms with Crippen molar-refractivity contribution in [3.63, 3.8) is 0 Å². The second-order valence-corrected chi connectivity index (χ2v) is 7.90. The van der Waals surface area contributed by atoms with Crippen LogP contribution in [-0.2, 0) is 11.3 Å². The molecular formula is C15H25N3O2S. The third-order valence-corrected chi connectivity index (χ3v) is 4.15. The number of aromatic nitrogens is 1. The number of carbonyl (C=O) groups excluding carboxylic acids is 1. The van der Waals surface area contributed by atoms with E-state index in [1.54, 1.807) is 11.3 Å². The minimum atomic E-state index is -0.448. The minimum absolute atomic E-state index is 0.162. The topological polar surface area (TPSA) is 54.5 Å². The molecule has 0 radical (unpaired) electrons. The number of likely N-dealkylation sites (tertiary alicyclic amines) is 1. The van der Waals surface area contributed by atoms with Crippen molar-refractivity contribution in [2.75, 3.05) is 13.1 Å². The van der Waals surface area contributed by atoms with Gasteiger partial charge in [-0.25, -0.2) is 9.78 Å². The Kier molecular flexibility index (Phi) is 5.22. The van der Waals surface area contributed by atoms with Crippen molar-refractivity contribution in [2.24, 2.45) is 0 Å². The molecule has 1 aromatic rings. The highest BCUT2D eigenvalue weighted by atomic mass is 32.1. The monoisotopic (exact) mass is 311 g/mol. The fraction of sp³-hybridized carbons (Fsp3) is 0.733. The van der Waals surface area contributed by atoms with Crippen molar-refractivity contribution < 1.29 is 9.53 Å². The number of hydrogen-bond acceptors (Lipinski definition) is 5. The van der Waals surface area contributed by atoms with E-state index in [0.717, 1.165) is 37.5 Å². The maximum absolute atomic E-state index is 11.8. The highest BCUT2D eigenvalue weighted by molar-refractivity contribution is 7.11. The number of nitrogens with one attached hydrogen (secondary N) is 1. The second kappa shape index (κ2) is 6.75. The van der Waals surface area contributed by atoms with Gasteiger partial charge in [0.25, 0.3) is 0 Å². The Bertz CT molecular complexity index is 482. The molecule has 1 aliphatic heterocycles. The van der Waals surface area contributed by atoms with E-state index < -0.39 is 5.60 Å². The molecule has 5 nitrogen and oxygen atoms in total. The molecule has 0 saturated carbocycles. The molecule has 118 valence electrons. The number of hydrogen-bond donors (Lipinski definition) is 1. The third kappa shape index (κ3) is 5.63. The average molecular weight is 311 g/mol. The summed E-state index contributed by atoms with van der Waals surface area (Å²) in [4.78, 5) is 19.8. The molecule has 21 heavy (non-hydrogen) atoms. The van der Waals surface area contributed by atoms with E-state index in [9.17, 15) is 4.79 Å². The van der Waals surface area contributed by atoms with Crippen molar-refractivity contribution >= 4 is 17.4 Å². The molecule has 1 saturated heterocycles.